The lowest BCUT2D eigenvalue weighted by molar-refractivity contribution is -0.117. The molecule has 2 N–H and O–H groups in total. The number of carbonyl (C=O) groups excluding carboxylic acids is 2. The molecule has 132 valence electrons. The van der Waals surface area contributed by atoms with Crippen LogP contribution in [0.1, 0.15) is 49.9 Å². The largest absolute Gasteiger partial charge is 0.350 e. The average molecular weight is 331 g/mol. The number of carbonyl (C=O) groups is 2. The van der Waals surface area contributed by atoms with E-state index in [1.54, 1.807) is 12.1 Å². The van der Waals surface area contributed by atoms with Crippen LogP contribution in [-0.4, -0.2) is 42.9 Å². The van der Waals surface area contributed by atoms with E-state index in [2.05, 4.69) is 22.6 Å². The third-order valence-electron chi connectivity index (χ3n) is 4.75. The molecule has 1 saturated heterocycles. The molecule has 2 amide bonds. The lowest BCUT2D eigenvalue weighted by Crippen LogP contribution is -2.33. The van der Waals surface area contributed by atoms with Crippen LogP contribution >= 0.6 is 0 Å². The molecule has 0 radical (unpaired) electrons. The Labute approximate surface area is 144 Å². The van der Waals surface area contributed by atoms with Gasteiger partial charge in [-0.25, -0.2) is 0 Å². The quantitative estimate of drug-likeness (QED) is 0.842. The summed E-state index contributed by atoms with van der Waals surface area (Å²) in [6.45, 7) is 6.09. The van der Waals surface area contributed by atoms with Gasteiger partial charge in [-0.15, -0.1) is 0 Å². The number of hydrogen-bond acceptors (Lipinski definition) is 3. The molecule has 0 unspecified atom stereocenters. The van der Waals surface area contributed by atoms with Crippen molar-refractivity contribution >= 4 is 17.5 Å². The Hall–Kier alpha value is -1.88. The van der Waals surface area contributed by atoms with Crippen molar-refractivity contribution in [2.45, 2.75) is 45.6 Å². The highest BCUT2D eigenvalue weighted by molar-refractivity contribution is 6.03. The highest BCUT2D eigenvalue weighted by atomic mass is 16.2. The number of nitrogens with zero attached hydrogens (tertiary/aromatic N) is 1. The number of nitrogens with one attached hydrogen (secondary N) is 2. The summed E-state index contributed by atoms with van der Waals surface area (Å²) >= 11 is 0. The third kappa shape index (κ3) is 5.34. The van der Waals surface area contributed by atoms with Crippen LogP contribution in [0.5, 0.6) is 0 Å². The first-order valence-electron chi connectivity index (χ1n) is 8.87. The summed E-state index contributed by atoms with van der Waals surface area (Å²) in [5, 5.41) is 5.88. The molecule has 0 aromatic heterocycles. The maximum atomic E-state index is 12.4. The molecule has 1 aliphatic heterocycles. The van der Waals surface area contributed by atoms with Crippen molar-refractivity contribution in [1.82, 2.24) is 10.2 Å². The van der Waals surface area contributed by atoms with Gasteiger partial charge in [-0.2, -0.15) is 0 Å². The monoisotopic (exact) mass is 331 g/mol. The zero-order valence-corrected chi connectivity index (χ0v) is 15.0. The molecule has 5 nitrogen and oxygen atoms in total. The van der Waals surface area contributed by atoms with Crippen LogP contribution in [0.2, 0.25) is 0 Å². The van der Waals surface area contributed by atoms with Crippen molar-refractivity contribution in [3.8, 4) is 0 Å². The SMILES string of the molecule is CC[C@H](C)NC(=O)c1ccccc1NC(=O)CC1CCN(C)CC1. The maximum Gasteiger partial charge on any atom is 0.253 e. The summed E-state index contributed by atoms with van der Waals surface area (Å²) < 4.78 is 0. The maximum absolute atomic E-state index is 12.4. The first-order chi connectivity index (χ1) is 11.5. The minimum atomic E-state index is -0.139. The number of rotatable bonds is 6. The Morgan fingerprint density at radius 2 is 1.92 bits per heavy atom. The van der Waals surface area contributed by atoms with E-state index in [-0.39, 0.29) is 17.9 Å². The Kier molecular flexibility index (Phi) is 6.79. The van der Waals surface area contributed by atoms with Gasteiger partial charge in [0.1, 0.15) is 0 Å². The van der Waals surface area contributed by atoms with Gasteiger partial charge in [0.05, 0.1) is 11.3 Å². The van der Waals surface area contributed by atoms with Crippen molar-refractivity contribution in [2.24, 2.45) is 5.92 Å². The second kappa shape index (κ2) is 8.83. The van der Waals surface area contributed by atoms with E-state index in [1.807, 2.05) is 26.0 Å². The normalized spacial score (nSPS) is 17.3. The predicted molar refractivity (Wildman–Crippen MR) is 97.1 cm³/mol. The second-order valence-corrected chi connectivity index (χ2v) is 6.83. The van der Waals surface area contributed by atoms with Gasteiger partial charge in [0.15, 0.2) is 0 Å². The highest BCUT2D eigenvalue weighted by Gasteiger charge is 2.20. The minimum Gasteiger partial charge on any atom is -0.350 e. The molecule has 1 heterocycles. The Morgan fingerprint density at radius 3 is 2.58 bits per heavy atom. The topological polar surface area (TPSA) is 61.4 Å². The summed E-state index contributed by atoms with van der Waals surface area (Å²) in [6, 6.07) is 7.31. The summed E-state index contributed by atoms with van der Waals surface area (Å²) in [5.41, 5.74) is 1.12. The number of hydrogen-bond donors (Lipinski definition) is 2. The molecule has 24 heavy (non-hydrogen) atoms. The number of benzene rings is 1. The van der Waals surface area contributed by atoms with E-state index in [1.165, 1.54) is 0 Å². The van der Waals surface area contributed by atoms with Crippen molar-refractivity contribution in [3.63, 3.8) is 0 Å². The molecular formula is C19H29N3O2. The second-order valence-electron chi connectivity index (χ2n) is 6.83. The lowest BCUT2D eigenvalue weighted by Gasteiger charge is -2.28. The van der Waals surface area contributed by atoms with Crippen molar-refractivity contribution in [2.75, 3.05) is 25.5 Å². The van der Waals surface area contributed by atoms with E-state index in [9.17, 15) is 9.59 Å². The molecular weight excluding hydrogens is 302 g/mol. The summed E-state index contributed by atoms with van der Waals surface area (Å²) in [6.07, 6.45) is 3.51. The molecule has 1 aliphatic rings. The first-order valence-corrected chi connectivity index (χ1v) is 8.87. The summed E-state index contributed by atoms with van der Waals surface area (Å²) in [7, 11) is 2.11. The van der Waals surface area contributed by atoms with Crippen LogP contribution in [0.15, 0.2) is 24.3 Å². The Morgan fingerprint density at radius 1 is 1.25 bits per heavy atom. The van der Waals surface area contributed by atoms with E-state index >= 15 is 0 Å². The van der Waals surface area contributed by atoms with Gasteiger partial charge < -0.3 is 15.5 Å². The molecule has 2 rings (SSSR count). The van der Waals surface area contributed by atoms with Crippen LogP contribution in [0.3, 0.4) is 0 Å². The lowest BCUT2D eigenvalue weighted by atomic mass is 9.93. The fraction of sp³-hybridized carbons (Fsp3) is 0.579. The molecule has 0 bridgehead atoms. The van der Waals surface area contributed by atoms with E-state index < -0.39 is 0 Å². The predicted octanol–water partition coefficient (Wildman–Crippen LogP) is 2.89. The van der Waals surface area contributed by atoms with Gasteiger partial charge in [-0.05, 0) is 64.4 Å². The molecule has 0 spiro atoms. The number of likely N-dealkylation sites (tertiary alicyclic amines) is 1. The molecule has 1 fully saturated rings. The smallest absolute Gasteiger partial charge is 0.253 e. The van der Waals surface area contributed by atoms with E-state index in [4.69, 9.17) is 0 Å². The van der Waals surface area contributed by atoms with Crippen LogP contribution in [0.4, 0.5) is 5.69 Å². The highest BCUT2D eigenvalue weighted by Crippen LogP contribution is 2.21. The van der Waals surface area contributed by atoms with Crippen LogP contribution in [-0.2, 0) is 4.79 Å². The molecule has 1 aromatic rings. The fourth-order valence-electron chi connectivity index (χ4n) is 2.92. The Balaban J connectivity index is 1.96. The average Bonchev–Trinajstić information content (AvgIpc) is 2.57. The van der Waals surface area contributed by atoms with Gasteiger partial charge in [-0.1, -0.05) is 19.1 Å². The minimum absolute atomic E-state index is 0.00616. The number of amides is 2. The zero-order chi connectivity index (χ0) is 17.5. The van der Waals surface area contributed by atoms with Crippen molar-refractivity contribution < 1.29 is 9.59 Å². The molecule has 1 atom stereocenters. The third-order valence-corrected chi connectivity index (χ3v) is 4.75. The summed E-state index contributed by atoms with van der Waals surface area (Å²) in [4.78, 5) is 27.0. The molecule has 5 heteroatoms. The van der Waals surface area contributed by atoms with Gasteiger partial charge >= 0.3 is 0 Å². The standard InChI is InChI=1S/C19H29N3O2/c1-4-14(2)20-19(24)16-7-5-6-8-17(16)21-18(23)13-15-9-11-22(3)12-10-15/h5-8,14-15H,4,9-13H2,1-3H3,(H,20,24)(H,21,23)/t14-/m0/s1. The Bertz CT molecular complexity index is 565. The van der Waals surface area contributed by atoms with Gasteiger partial charge in [0, 0.05) is 12.5 Å². The number of anilines is 1. The van der Waals surface area contributed by atoms with Crippen LogP contribution < -0.4 is 10.6 Å². The molecule has 1 aromatic carbocycles. The van der Waals surface area contributed by atoms with Gasteiger partial charge in [0.2, 0.25) is 5.91 Å². The van der Waals surface area contributed by atoms with Crippen molar-refractivity contribution in [3.05, 3.63) is 29.8 Å². The number of para-hydroxylation sites is 1. The van der Waals surface area contributed by atoms with E-state index in [0.29, 0.717) is 23.6 Å². The van der Waals surface area contributed by atoms with E-state index in [0.717, 1.165) is 32.4 Å². The van der Waals surface area contributed by atoms with Gasteiger partial charge in [0.25, 0.3) is 5.91 Å². The number of piperidine rings is 1. The van der Waals surface area contributed by atoms with Crippen LogP contribution in [0.25, 0.3) is 0 Å². The molecule has 0 aliphatic carbocycles. The van der Waals surface area contributed by atoms with Crippen LogP contribution in [0, 0.1) is 5.92 Å². The fourth-order valence-corrected chi connectivity index (χ4v) is 2.92. The first kappa shape index (κ1) is 18.5. The van der Waals surface area contributed by atoms with Crippen molar-refractivity contribution in [1.29, 1.82) is 0 Å². The molecule has 0 saturated carbocycles. The summed E-state index contributed by atoms with van der Waals surface area (Å²) in [5.74, 6) is 0.287. The van der Waals surface area contributed by atoms with Gasteiger partial charge in [-0.3, -0.25) is 9.59 Å². The zero-order valence-electron chi connectivity index (χ0n) is 15.0.